The van der Waals surface area contributed by atoms with Gasteiger partial charge in [-0.05, 0) is 25.0 Å². The number of primary amides is 1. The molecular weight excluding hydrogens is 241 g/mol. The van der Waals surface area contributed by atoms with Gasteiger partial charge in [-0.1, -0.05) is 0 Å². The van der Waals surface area contributed by atoms with E-state index in [1.54, 1.807) is 0 Å². The summed E-state index contributed by atoms with van der Waals surface area (Å²) in [6, 6.07) is 3.56. The lowest BCUT2D eigenvalue weighted by molar-refractivity contribution is -0.118. The Bertz CT molecular complexity index is 448. The summed E-state index contributed by atoms with van der Waals surface area (Å²) in [4.78, 5) is 21.0. The smallest absolute Gasteiger partial charge is 0.338 e. The number of carbonyl (C=O) groups is 2. The zero-order valence-corrected chi connectivity index (χ0v) is 9.69. The minimum absolute atomic E-state index is 0.261. The third-order valence-corrected chi connectivity index (χ3v) is 2.26. The summed E-state index contributed by atoms with van der Waals surface area (Å²) in [7, 11) is 0. The SMILES string of the molecule is NC(=O)CCCCOc1ccc(C(=O)O)c(F)c1. The summed E-state index contributed by atoms with van der Waals surface area (Å²) >= 11 is 0. The maximum atomic E-state index is 13.3. The van der Waals surface area contributed by atoms with Gasteiger partial charge in [0, 0.05) is 12.5 Å². The van der Waals surface area contributed by atoms with E-state index in [2.05, 4.69) is 0 Å². The van der Waals surface area contributed by atoms with E-state index in [1.807, 2.05) is 0 Å². The summed E-state index contributed by atoms with van der Waals surface area (Å²) in [5.74, 6) is -2.26. The zero-order valence-electron chi connectivity index (χ0n) is 9.69. The molecule has 0 aromatic heterocycles. The first-order chi connectivity index (χ1) is 8.50. The molecule has 0 heterocycles. The van der Waals surface area contributed by atoms with E-state index >= 15 is 0 Å². The van der Waals surface area contributed by atoms with E-state index in [9.17, 15) is 14.0 Å². The predicted octanol–water partition coefficient (Wildman–Crippen LogP) is 1.56. The van der Waals surface area contributed by atoms with Gasteiger partial charge in [-0.15, -0.1) is 0 Å². The Morgan fingerprint density at radius 2 is 2.06 bits per heavy atom. The lowest BCUT2D eigenvalue weighted by Crippen LogP contribution is -2.10. The van der Waals surface area contributed by atoms with E-state index in [0.29, 0.717) is 19.4 Å². The third-order valence-electron chi connectivity index (χ3n) is 2.26. The molecule has 18 heavy (non-hydrogen) atoms. The van der Waals surface area contributed by atoms with Gasteiger partial charge in [0.25, 0.3) is 0 Å². The van der Waals surface area contributed by atoms with Crippen molar-refractivity contribution in [3.05, 3.63) is 29.6 Å². The van der Waals surface area contributed by atoms with Gasteiger partial charge in [0.05, 0.1) is 12.2 Å². The Labute approximate surface area is 103 Å². The molecule has 1 amide bonds. The number of halogens is 1. The highest BCUT2D eigenvalue weighted by atomic mass is 19.1. The molecule has 0 aliphatic heterocycles. The average molecular weight is 255 g/mol. The van der Waals surface area contributed by atoms with Gasteiger partial charge >= 0.3 is 5.97 Å². The molecule has 98 valence electrons. The van der Waals surface area contributed by atoms with Crippen LogP contribution in [0.5, 0.6) is 5.75 Å². The number of unbranched alkanes of at least 4 members (excludes halogenated alkanes) is 1. The second-order valence-electron chi connectivity index (χ2n) is 3.72. The maximum Gasteiger partial charge on any atom is 0.338 e. The second-order valence-corrected chi connectivity index (χ2v) is 3.72. The number of rotatable bonds is 7. The van der Waals surface area contributed by atoms with E-state index < -0.39 is 17.3 Å². The van der Waals surface area contributed by atoms with Crippen molar-refractivity contribution in [3.8, 4) is 5.75 Å². The van der Waals surface area contributed by atoms with Crippen LogP contribution in [0.4, 0.5) is 4.39 Å². The highest BCUT2D eigenvalue weighted by molar-refractivity contribution is 5.88. The molecule has 0 saturated heterocycles. The van der Waals surface area contributed by atoms with Crippen LogP contribution >= 0.6 is 0 Å². The van der Waals surface area contributed by atoms with Crippen LogP contribution in [0.2, 0.25) is 0 Å². The Morgan fingerprint density at radius 3 is 2.61 bits per heavy atom. The molecule has 3 N–H and O–H groups in total. The van der Waals surface area contributed by atoms with Crippen LogP contribution in [0.25, 0.3) is 0 Å². The molecule has 0 aliphatic rings. The van der Waals surface area contributed by atoms with Gasteiger partial charge in [-0.2, -0.15) is 0 Å². The summed E-state index contributed by atoms with van der Waals surface area (Å²) in [5, 5.41) is 8.63. The predicted molar refractivity (Wildman–Crippen MR) is 61.9 cm³/mol. The number of amides is 1. The van der Waals surface area contributed by atoms with Crippen molar-refractivity contribution in [2.24, 2.45) is 5.73 Å². The van der Waals surface area contributed by atoms with Gasteiger partial charge in [-0.3, -0.25) is 4.79 Å². The van der Waals surface area contributed by atoms with Crippen LogP contribution in [-0.4, -0.2) is 23.6 Å². The normalized spacial score (nSPS) is 10.1. The van der Waals surface area contributed by atoms with Crippen molar-refractivity contribution in [2.75, 3.05) is 6.61 Å². The fourth-order valence-corrected chi connectivity index (χ4v) is 1.35. The molecule has 0 bridgehead atoms. The topological polar surface area (TPSA) is 89.6 Å². The van der Waals surface area contributed by atoms with Crippen molar-refractivity contribution in [1.29, 1.82) is 0 Å². The average Bonchev–Trinajstić information content (AvgIpc) is 2.27. The number of benzene rings is 1. The third kappa shape index (κ3) is 4.40. The van der Waals surface area contributed by atoms with Crippen LogP contribution in [0.1, 0.15) is 29.6 Å². The summed E-state index contributed by atoms with van der Waals surface area (Å²) < 4.78 is 18.5. The largest absolute Gasteiger partial charge is 0.493 e. The van der Waals surface area contributed by atoms with Crippen molar-refractivity contribution in [3.63, 3.8) is 0 Å². The van der Waals surface area contributed by atoms with Crippen LogP contribution < -0.4 is 10.5 Å². The Hall–Kier alpha value is -2.11. The van der Waals surface area contributed by atoms with Gasteiger partial charge in [0.15, 0.2) is 0 Å². The minimum Gasteiger partial charge on any atom is -0.493 e. The highest BCUT2D eigenvalue weighted by Crippen LogP contribution is 2.17. The van der Waals surface area contributed by atoms with E-state index in [4.69, 9.17) is 15.6 Å². The van der Waals surface area contributed by atoms with Crippen molar-refractivity contribution in [2.45, 2.75) is 19.3 Å². The van der Waals surface area contributed by atoms with Crippen molar-refractivity contribution < 1.29 is 23.8 Å². The Balaban J connectivity index is 2.42. The van der Waals surface area contributed by atoms with E-state index in [1.165, 1.54) is 6.07 Å². The van der Waals surface area contributed by atoms with Crippen LogP contribution in [0.15, 0.2) is 18.2 Å². The number of hydrogen-bond acceptors (Lipinski definition) is 3. The minimum atomic E-state index is -1.32. The first-order valence-corrected chi connectivity index (χ1v) is 5.44. The Morgan fingerprint density at radius 1 is 1.33 bits per heavy atom. The molecule has 0 aliphatic carbocycles. The highest BCUT2D eigenvalue weighted by Gasteiger charge is 2.10. The van der Waals surface area contributed by atoms with E-state index in [0.717, 1.165) is 12.1 Å². The lowest BCUT2D eigenvalue weighted by atomic mass is 10.2. The molecule has 1 rings (SSSR count). The number of carboxylic acid groups (broad SMARTS) is 1. The van der Waals surface area contributed by atoms with Gasteiger partial charge in [0.2, 0.25) is 5.91 Å². The molecular formula is C12H14FNO4. The summed E-state index contributed by atoms with van der Waals surface area (Å²) in [5.41, 5.74) is 4.57. The zero-order chi connectivity index (χ0) is 13.5. The number of aromatic carboxylic acids is 1. The van der Waals surface area contributed by atoms with Gasteiger partial charge in [-0.25, -0.2) is 9.18 Å². The fourth-order valence-electron chi connectivity index (χ4n) is 1.35. The fraction of sp³-hybridized carbons (Fsp3) is 0.333. The molecule has 6 heteroatoms. The molecule has 1 aromatic carbocycles. The molecule has 5 nitrogen and oxygen atoms in total. The van der Waals surface area contributed by atoms with Crippen molar-refractivity contribution in [1.82, 2.24) is 0 Å². The second kappa shape index (κ2) is 6.58. The lowest BCUT2D eigenvalue weighted by Gasteiger charge is -2.06. The summed E-state index contributed by atoms with van der Waals surface area (Å²) in [6.07, 6.45) is 1.51. The molecule has 0 spiro atoms. The number of carbonyl (C=O) groups excluding carboxylic acids is 1. The first kappa shape index (κ1) is 14.0. The summed E-state index contributed by atoms with van der Waals surface area (Å²) in [6.45, 7) is 0.319. The first-order valence-electron chi connectivity index (χ1n) is 5.44. The quantitative estimate of drug-likeness (QED) is 0.723. The molecule has 0 fully saturated rings. The number of ether oxygens (including phenoxy) is 1. The molecule has 0 saturated carbocycles. The van der Waals surface area contributed by atoms with Crippen LogP contribution in [-0.2, 0) is 4.79 Å². The van der Waals surface area contributed by atoms with Crippen LogP contribution in [0.3, 0.4) is 0 Å². The van der Waals surface area contributed by atoms with E-state index in [-0.39, 0.29) is 18.1 Å². The van der Waals surface area contributed by atoms with Gasteiger partial charge < -0.3 is 15.6 Å². The number of nitrogens with two attached hydrogens (primary N) is 1. The number of hydrogen-bond donors (Lipinski definition) is 2. The molecule has 0 radical (unpaired) electrons. The van der Waals surface area contributed by atoms with Gasteiger partial charge in [0.1, 0.15) is 11.6 Å². The molecule has 0 atom stereocenters. The Kier molecular flexibility index (Phi) is 5.10. The monoisotopic (exact) mass is 255 g/mol. The number of carboxylic acids is 1. The van der Waals surface area contributed by atoms with Crippen molar-refractivity contribution >= 4 is 11.9 Å². The van der Waals surface area contributed by atoms with Crippen LogP contribution in [0, 0.1) is 5.82 Å². The maximum absolute atomic E-state index is 13.3. The standard InChI is InChI=1S/C12H14FNO4/c13-10-7-8(4-5-9(10)12(16)17)18-6-2-1-3-11(14)15/h4-5,7H,1-3,6H2,(H2,14,15)(H,16,17). The molecule has 0 unspecified atom stereocenters. The molecule has 1 aromatic rings.